The Bertz CT molecular complexity index is 490. The van der Waals surface area contributed by atoms with E-state index in [0.29, 0.717) is 6.20 Å². The second-order valence-corrected chi connectivity index (χ2v) is 3.77. The van der Waals surface area contributed by atoms with Crippen molar-refractivity contribution in [2.75, 3.05) is 7.11 Å². The highest BCUT2D eigenvalue weighted by atomic mass is 35.5. The van der Waals surface area contributed by atoms with Gasteiger partial charge in [-0.1, -0.05) is 11.6 Å². The van der Waals surface area contributed by atoms with Crippen LogP contribution in [0.5, 0.6) is 0 Å². The van der Waals surface area contributed by atoms with E-state index in [-0.39, 0.29) is 0 Å². The quantitative estimate of drug-likeness (QED) is 0.488. The maximum absolute atomic E-state index is 12.8. The molecule has 1 heterocycles. The van der Waals surface area contributed by atoms with Crippen LogP contribution < -0.4 is 0 Å². The molecule has 0 fully saturated rings. The number of methoxy groups -OCH3 is 1. The van der Waals surface area contributed by atoms with Crippen LogP contribution >= 0.6 is 11.6 Å². The van der Waals surface area contributed by atoms with Crippen molar-refractivity contribution in [3.8, 4) is 0 Å². The fraction of sp³-hybridized carbons (Fsp3) is 0.400. The highest BCUT2D eigenvalue weighted by Crippen LogP contribution is 2.40. The van der Waals surface area contributed by atoms with Gasteiger partial charge in [-0.15, -0.1) is 0 Å². The lowest BCUT2D eigenvalue weighted by Crippen LogP contribution is -2.17. The largest absolute Gasteiger partial charge is 0.469 e. The van der Waals surface area contributed by atoms with Gasteiger partial charge in [-0.25, -0.2) is 13.8 Å². The smallest absolute Gasteiger partial charge is 0.417 e. The molecule has 0 saturated carbocycles. The normalized spacial score (nSPS) is 11.8. The van der Waals surface area contributed by atoms with E-state index >= 15 is 0 Å². The molecule has 0 aliphatic carbocycles. The van der Waals surface area contributed by atoms with Gasteiger partial charge in [0.25, 0.3) is 6.43 Å². The van der Waals surface area contributed by atoms with Gasteiger partial charge < -0.3 is 4.74 Å². The molecule has 1 aromatic rings. The maximum atomic E-state index is 12.8. The number of nitrogens with zero attached hydrogens (tertiary/aromatic N) is 1. The molecule has 0 bridgehead atoms. The predicted molar refractivity (Wildman–Crippen MR) is 54.9 cm³/mol. The van der Waals surface area contributed by atoms with Gasteiger partial charge >= 0.3 is 12.1 Å². The van der Waals surface area contributed by atoms with E-state index < -0.39 is 46.8 Å². The molecule has 0 spiro atoms. The van der Waals surface area contributed by atoms with Gasteiger partial charge in [0, 0.05) is 17.3 Å². The fourth-order valence-electron chi connectivity index (χ4n) is 1.42. The van der Waals surface area contributed by atoms with Gasteiger partial charge in [0.05, 0.1) is 19.1 Å². The van der Waals surface area contributed by atoms with E-state index in [1.54, 1.807) is 0 Å². The third kappa shape index (κ3) is 3.52. The molecule has 0 amide bonds. The van der Waals surface area contributed by atoms with Crippen LogP contribution in [0.2, 0.25) is 5.15 Å². The lowest BCUT2D eigenvalue weighted by atomic mass is 10.0. The van der Waals surface area contributed by atoms with E-state index in [0.717, 1.165) is 7.11 Å². The van der Waals surface area contributed by atoms with E-state index in [4.69, 9.17) is 11.6 Å². The second-order valence-electron chi connectivity index (χ2n) is 3.41. The molecule has 1 rings (SSSR count). The van der Waals surface area contributed by atoms with E-state index in [1.165, 1.54) is 0 Å². The van der Waals surface area contributed by atoms with Gasteiger partial charge in [0.15, 0.2) is 0 Å². The van der Waals surface area contributed by atoms with Crippen LogP contribution in [0.15, 0.2) is 6.20 Å². The Balaban J connectivity index is 3.49. The van der Waals surface area contributed by atoms with Crippen molar-refractivity contribution in [2.24, 2.45) is 0 Å². The Morgan fingerprint density at radius 1 is 1.47 bits per heavy atom. The summed E-state index contributed by atoms with van der Waals surface area (Å²) in [5, 5.41) is -0.665. The number of carbonyl (C=O) groups excluding carboxylic acids is 1. The first kappa shape index (κ1) is 15.6. The summed E-state index contributed by atoms with van der Waals surface area (Å²) in [6, 6.07) is 0. The van der Waals surface area contributed by atoms with Gasteiger partial charge in [0.1, 0.15) is 5.15 Å². The predicted octanol–water partition coefficient (Wildman–Crippen LogP) is 3.41. The molecule has 0 saturated heterocycles. The molecule has 0 N–H and O–H groups in total. The first-order valence-electron chi connectivity index (χ1n) is 4.78. The van der Waals surface area contributed by atoms with E-state index in [1.807, 2.05) is 0 Å². The molecule has 19 heavy (non-hydrogen) atoms. The molecule has 0 radical (unpaired) electrons. The van der Waals surface area contributed by atoms with Crippen molar-refractivity contribution >= 4 is 17.6 Å². The van der Waals surface area contributed by atoms with Crippen molar-refractivity contribution < 1.29 is 31.5 Å². The zero-order valence-electron chi connectivity index (χ0n) is 9.39. The highest BCUT2D eigenvalue weighted by molar-refractivity contribution is 6.30. The lowest BCUT2D eigenvalue weighted by Gasteiger charge is -2.17. The molecular weight excluding hydrogens is 297 g/mol. The number of hydrogen-bond acceptors (Lipinski definition) is 3. The van der Waals surface area contributed by atoms with Crippen molar-refractivity contribution in [1.29, 1.82) is 0 Å². The van der Waals surface area contributed by atoms with Crippen LogP contribution in [-0.2, 0) is 22.1 Å². The first-order valence-corrected chi connectivity index (χ1v) is 5.15. The maximum Gasteiger partial charge on any atom is 0.417 e. The molecule has 106 valence electrons. The number of aromatic nitrogens is 1. The van der Waals surface area contributed by atoms with Crippen molar-refractivity contribution in [3.63, 3.8) is 0 Å². The lowest BCUT2D eigenvalue weighted by molar-refractivity contribution is -0.142. The zero-order chi connectivity index (χ0) is 14.8. The number of ether oxygens (including phenoxy) is 1. The van der Waals surface area contributed by atoms with Crippen molar-refractivity contribution in [3.05, 3.63) is 28.0 Å². The van der Waals surface area contributed by atoms with Gasteiger partial charge in [-0.3, -0.25) is 4.79 Å². The minimum atomic E-state index is -5.08. The van der Waals surface area contributed by atoms with Gasteiger partial charge in [0.2, 0.25) is 0 Å². The van der Waals surface area contributed by atoms with Gasteiger partial charge in [-0.05, 0) is 0 Å². The number of esters is 1. The molecule has 0 aliphatic heterocycles. The number of halogens is 6. The SMILES string of the molecule is COC(=O)Cc1c(Cl)ncc(C(F)F)c1C(F)(F)F. The second kappa shape index (κ2) is 5.68. The Morgan fingerprint density at radius 3 is 2.47 bits per heavy atom. The average Bonchev–Trinajstić information content (AvgIpc) is 2.29. The summed E-state index contributed by atoms with van der Waals surface area (Å²) >= 11 is 5.45. The first-order chi connectivity index (χ1) is 8.68. The Hall–Kier alpha value is -1.44. The molecule has 0 aromatic carbocycles. The third-order valence-electron chi connectivity index (χ3n) is 2.22. The molecule has 0 unspecified atom stereocenters. The molecule has 0 aliphatic rings. The minimum Gasteiger partial charge on any atom is -0.469 e. The Labute approximate surface area is 109 Å². The summed E-state index contributed by atoms with van der Waals surface area (Å²) in [5.41, 5.74) is -3.79. The summed E-state index contributed by atoms with van der Waals surface area (Å²) in [6.45, 7) is 0. The Kier molecular flexibility index (Phi) is 4.67. The standard InChI is InChI=1S/C10H7ClF5NO2/c1-19-6(18)2-4-7(10(14,15)16)5(9(12)13)3-17-8(4)11/h3,9H,2H2,1H3. The summed E-state index contributed by atoms with van der Waals surface area (Å²) in [4.78, 5) is 14.3. The van der Waals surface area contributed by atoms with E-state index in [9.17, 15) is 26.7 Å². The summed E-state index contributed by atoms with van der Waals surface area (Å²) in [5.74, 6) is -1.04. The summed E-state index contributed by atoms with van der Waals surface area (Å²) < 4.78 is 67.9. The minimum absolute atomic E-state index is 0.344. The number of pyridine rings is 1. The van der Waals surface area contributed by atoms with Crippen LogP contribution in [0.3, 0.4) is 0 Å². The Morgan fingerprint density at radius 2 is 2.05 bits per heavy atom. The summed E-state index contributed by atoms with van der Waals surface area (Å²) in [6.07, 6.45) is -9.02. The highest BCUT2D eigenvalue weighted by Gasteiger charge is 2.40. The molecular formula is C10H7ClF5NO2. The fourth-order valence-corrected chi connectivity index (χ4v) is 1.63. The summed E-state index contributed by atoms with van der Waals surface area (Å²) in [7, 11) is 0.952. The van der Waals surface area contributed by atoms with Crippen LogP contribution in [0.4, 0.5) is 22.0 Å². The van der Waals surface area contributed by atoms with E-state index in [2.05, 4.69) is 9.72 Å². The number of hydrogen-bond donors (Lipinski definition) is 0. The number of rotatable bonds is 3. The monoisotopic (exact) mass is 303 g/mol. The zero-order valence-corrected chi connectivity index (χ0v) is 10.1. The molecule has 3 nitrogen and oxygen atoms in total. The number of alkyl halides is 5. The average molecular weight is 304 g/mol. The van der Waals surface area contributed by atoms with Crippen LogP contribution in [0.1, 0.15) is 23.1 Å². The van der Waals surface area contributed by atoms with Crippen LogP contribution in [-0.4, -0.2) is 18.1 Å². The van der Waals surface area contributed by atoms with Crippen molar-refractivity contribution in [1.82, 2.24) is 4.98 Å². The topological polar surface area (TPSA) is 39.2 Å². The molecule has 1 aromatic heterocycles. The molecule has 0 atom stereocenters. The molecule has 9 heteroatoms. The van der Waals surface area contributed by atoms with Crippen LogP contribution in [0.25, 0.3) is 0 Å². The van der Waals surface area contributed by atoms with Crippen molar-refractivity contribution in [2.45, 2.75) is 19.0 Å². The number of carbonyl (C=O) groups is 1. The third-order valence-corrected chi connectivity index (χ3v) is 2.55. The van der Waals surface area contributed by atoms with Gasteiger partial charge in [-0.2, -0.15) is 13.2 Å². The van der Waals surface area contributed by atoms with Crippen LogP contribution in [0, 0.1) is 0 Å².